The lowest BCUT2D eigenvalue weighted by Gasteiger charge is -2.28. The summed E-state index contributed by atoms with van der Waals surface area (Å²) in [4.78, 5) is 30.3. The van der Waals surface area contributed by atoms with E-state index in [1.54, 1.807) is 32.9 Å². The number of carbonyl (C=O) groups is 2. The molecular weight excluding hydrogens is 567 g/mol. The molecule has 0 atom stereocenters. The number of aromatic nitrogens is 1. The standard InChI is InChI=1S/C28H29F5N4O5/c1-27(2,3)42-26(40)37(10-9-22-20(34)6-8-24(36-22)41-4)14-15-11-18(29)19(30)13-23(15)35-21-7-5-16(28(31,32)33)12-17(21)25(38)39/h5-8,11-13,35H,9-10,14,34H2,1-4H3,(H,38,39). The number of nitrogen functional groups attached to an aromatic ring is 1. The van der Waals surface area contributed by atoms with Crippen molar-refractivity contribution in [2.24, 2.45) is 0 Å². The normalized spacial score (nSPS) is 11.6. The Morgan fingerprint density at radius 3 is 2.29 bits per heavy atom. The average Bonchev–Trinajstić information content (AvgIpc) is 2.88. The summed E-state index contributed by atoms with van der Waals surface area (Å²) in [5, 5.41) is 12.1. The van der Waals surface area contributed by atoms with Gasteiger partial charge in [0.2, 0.25) is 5.88 Å². The van der Waals surface area contributed by atoms with Crippen molar-refractivity contribution in [2.75, 3.05) is 24.7 Å². The number of carbonyl (C=O) groups excluding carboxylic acids is 1. The molecule has 2 aromatic carbocycles. The molecule has 0 saturated heterocycles. The first-order valence-corrected chi connectivity index (χ1v) is 12.4. The summed E-state index contributed by atoms with van der Waals surface area (Å²) in [7, 11) is 1.42. The maximum absolute atomic E-state index is 14.4. The van der Waals surface area contributed by atoms with Crippen molar-refractivity contribution < 1.29 is 46.1 Å². The number of nitrogens with one attached hydrogen (secondary N) is 1. The topological polar surface area (TPSA) is 127 Å². The van der Waals surface area contributed by atoms with Crippen molar-refractivity contribution in [1.29, 1.82) is 0 Å². The van der Waals surface area contributed by atoms with Crippen LogP contribution in [-0.4, -0.2) is 46.3 Å². The molecule has 0 spiro atoms. The Balaban J connectivity index is 2.01. The minimum Gasteiger partial charge on any atom is -0.481 e. The van der Waals surface area contributed by atoms with E-state index in [9.17, 15) is 36.6 Å². The number of hydrogen-bond acceptors (Lipinski definition) is 7. The number of methoxy groups -OCH3 is 1. The second-order valence-corrected chi connectivity index (χ2v) is 10.2. The van der Waals surface area contributed by atoms with Gasteiger partial charge in [-0.2, -0.15) is 13.2 Å². The molecule has 0 bridgehead atoms. The second-order valence-electron chi connectivity index (χ2n) is 10.2. The van der Waals surface area contributed by atoms with E-state index in [2.05, 4.69) is 10.3 Å². The molecule has 0 fully saturated rings. The first-order valence-electron chi connectivity index (χ1n) is 12.4. The highest BCUT2D eigenvalue weighted by molar-refractivity contribution is 5.95. The van der Waals surface area contributed by atoms with Gasteiger partial charge >= 0.3 is 18.2 Å². The molecule has 226 valence electrons. The van der Waals surface area contributed by atoms with E-state index >= 15 is 0 Å². The minimum absolute atomic E-state index is 0.0254. The van der Waals surface area contributed by atoms with Gasteiger partial charge in [0.15, 0.2) is 11.6 Å². The Bertz CT molecular complexity index is 1470. The molecule has 0 aliphatic carbocycles. The summed E-state index contributed by atoms with van der Waals surface area (Å²) in [6.45, 7) is 4.47. The minimum atomic E-state index is -4.81. The van der Waals surface area contributed by atoms with E-state index in [1.165, 1.54) is 12.0 Å². The third kappa shape index (κ3) is 8.21. The Morgan fingerprint density at radius 1 is 1.02 bits per heavy atom. The van der Waals surface area contributed by atoms with Gasteiger partial charge in [0.1, 0.15) is 5.60 Å². The van der Waals surface area contributed by atoms with Crippen LogP contribution in [0.4, 0.5) is 43.8 Å². The van der Waals surface area contributed by atoms with Crippen LogP contribution >= 0.6 is 0 Å². The first-order chi connectivity index (χ1) is 19.5. The van der Waals surface area contributed by atoms with Gasteiger partial charge in [-0.25, -0.2) is 23.4 Å². The highest BCUT2D eigenvalue weighted by Crippen LogP contribution is 2.34. The average molecular weight is 597 g/mol. The third-order valence-corrected chi connectivity index (χ3v) is 5.82. The molecule has 0 saturated carbocycles. The van der Waals surface area contributed by atoms with Crippen LogP contribution in [0, 0.1) is 11.6 Å². The number of halogens is 5. The quantitative estimate of drug-likeness (QED) is 0.243. The van der Waals surface area contributed by atoms with Gasteiger partial charge in [-0.05, 0) is 56.7 Å². The zero-order valence-electron chi connectivity index (χ0n) is 23.1. The van der Waals surface area contributed by atoms with Crippen molar-refractivity contribution in [3.8, 4) is 5.88 Å². The molecule has 9 nitrogen and oxygen atoms in total. The smallest absolute Gasteiger partial charge is 0.416 e. The molecule has 14 heteroatoms. The Kier molecular flexibility index (Phi) is 9.49. The van der Waals surface area contributed by atoms with Gasteiger partial charge in [-0.15, -0.1) is 0 Å². The Morgan fingerprint density at radius 2 is 1.69 bits per heavy atom. The highest BCUT2D eigenvalue weighted by atomic mass is 19.4. The van der Waals surface area contributed by atoms with E-state index in [-0.39, 0.29) is 42.3 Å². The number of amides is 1. The number of hydrogen-bond donors (Lipinski definition) is 3. The number of ether oxygens (including phenoxy) is 2. The molecule has 42 heavy (non-hydrogen) atoms. The molecular formula is C28H29F5N4O5. The SMILES string of the molecule is COc1ccc(N)c(CCN(Cc2cc(F)c(F)cc2Nc2ccc(C(F)(F)F)cc2C(=O)O)C(=O)OC(C)(C)C)n1. The van der Waals surface area contributed by atoms with Crippen LogP contribution in [0.15, 0.2) is 42.5 Å². The molecule has 4 N–H and O–H groups in total. The van der Waals surface area contributed by atoms with Crippen LogP contribution in [0.5, 0.6) is 5.88 Å². The van der Waals surface area contributed by atoms with Gasteiger partial charge in [0.05, 0.1) is 41.9 Å². The molecule has 0 aliphatic heterocycles. The van der Waals surface area contributed by atoms with Crippen LogP contribution in [0.25, 0.3) is 0 Å². The van der Waals surface area contributed by atoms with Crippen LogP contribution in [0.2, 0.25) is 0 Å². The summed E-state index contributed by atoms with van der Waals surface area (Å²) in [5.41, 5.74) is 3.29. The summed E-state index contributed by atoms with van der Waals surface area (Å²) in [6, 6.07) is 6.55. The van der Waals surface area contributed by atoms with Gasteiger partial charge < -0.3 is 30.5 Å². The van der Waals surface area contributed by atoms with E-state index in [0.717, 1.165) is 12.1 Å². The fourth-order valence-electron chi connectivity index (χ4n) is 3.80. The predicted molar refractivity (Wildman–Crippen MR) is 144 cm³/mol. The largest absolute Gasteiger partial charge is 0.481 e. The lowest BCUT2D eigenvalue weighted by atomic mass is 10.1. The number of alkyl halides is 3. The van der Waals surface area contributed by atoms with Gasteiger partial charge in [-0.3, -0.25) is 0 Å². The van der Waals surface area contributed by atoms with Crippen LogP contribution < -0.4 is 15.8 Å². The number of rotatable bonds is 9. The number of nitrogens with two attached hydrogens (primary N) is 1. The molecule has 1 aromatic heterocycles. The molecule has 0 unspecified atom stereocenters. The Labute approximate surface area is 238 Å². The highest BCUT2D eigenvalue weighted by Gasteiger charge is 2.32. The molecule has 3 rings (SSSR count). The maximum atomic E-state index is 14.4. The monoisotopic (exact) mass is 596 g/mol. The zero-order valence-corrected chi connectivity index (χ0v) is 23.1. The van der Waals surface area contributed by atoms with Crippen LogP contribution in [0.1, 0.15) is 48.0 Å². The second kappa shape index (κ2) is 12.5. The third-order valence-electron chi connectivity index (χ3n) is 5.82. The predicted octanol–water partition coefficient (Wildman–Crippen LogP) is 6.39. The number of carboxylic acids is 1. The zero-order chi connectivity index (χ0) is 31.4. The molecule has 1 heterocycles. The summed E-state index contributed by atoms with van der Waals surface area (Å²) < 4.78 is 78.9. The summed E-state index contributed by atoms with van der Waals surface area (Å²) in [6.07, 6.45) is -5.53. The summed E-state index contributed by atoms with van der Waals surface area (Å²) in [5.74, 6) is -4.00. The van der Waals surface area contributed by atoms with Crippen molar-refractivity contribution in [3.05, 3.63) is 76.5 Å². The van der Waals surface area contributed by atoms with E-state index in [4.69, 9.17) is 15.2 Å². The fraction of sp³-hybridized carbons (Fsp3) is 0.321. The maximum Gasteiger partial charge on any atom is 0.416 e. The van der Waals surface area contributed by atoms with Gasteiger partial charge in [0, 0.05) is 30.8 Å². The lowest BCUT2D eigenvalue weighted by molar-refractivity contribution is -0.137. The number of aromatic carboxylic acids is 1. The van der Waals surface area contributed by atoms with Crippen molar-refractivity contribution in [2.45, 2.75) is 45.5 Å². The first kappa shape index (κ1) is 31.9. The molecule has 1 amide bonds. The summed E-state index contributed by atoms with van der Waals surface area (Å²) >= 11 is 0. The van der Waals surface area contributed by atoms with Gasteiger partial charge in [-0.1, -0.05) is 0 Å². The number of benzene rings is 2. The number of anilines is 3. The fourth-order valence-corrected chi connectivity index (χ4v) is 3.80. The molecule has 3 aromatic rings. The van der Waals surface area contributed by atoms with E-state index in [1.807, 2.05) is 0 Å². The van der Waals surface area contributed by atoms with Crippen molar-refractivity contribution in [3.63, 3.8) is 0 Å². The van der Waals surface area contributed by atoms with Crippen LogP contribution in [-0.2, 0) is 23.9 Å². The molecule has 0 aliphatic rings. The molecule has 0 radical (unpaired) electrons. The van der Waals surface area contributed by atoms with Gasteiger partial charge in [0.25, 0.3) is 0 Å². The number of carboxylic acid groups (broad SMARTS) is 1. The van der Waals surface area contributed by atoms with Crippen LogP contribution in [0.3, 0.4) is 0 Å². The Hall–Kier alpha value is -4.62. The van der Waals surface area contributed by atoms with Crippen molar-refractivity contribution >= 4 is 29.1 Å². The number of nitrogens with zero attached hydrogens (tertiary/aromatic N) is 2. The lowest BCUT2D eigenvalue weighted by Crippen LogP contribution is -2.38. The number of pyridine rings is 1. The van der Waals surface area contributed by atoms with E-state index < -0.39 is 46.6 Å². The van der Waals surface area contributed by atoms with E-state index in [0.29, 0.717) is 29.6 Å². The van der Waals surface area contributed by atoms with Crippen molar-refractivity contribution in [1.82, 2.24) is 9.88 Å².